The number of nitrogen functional groups attached to an aromatic ring is 1. The van der Waals surface area contributed by atoms with Crippen LogP contribution in [-0.4, -0.2) is 4.98 Å². The highest BCUT2D eigenvalue weighted by molar-refractivity contribution is 6.07. The fourth-order valence-corrected chi connectivity index (χ4v) is 3.37. The Morgan fingerprint density at radius 2 is 1.72 bits per heavy atom. The molecule has 0 bridgehead atoms. The number of aromatic nitrogens is 1. The molecule has 132 valence electrons. The molecule has 0 amide bonds. The zero-order chi connectivity index (χ0) is 17.6. The molecule has 2 heterocycles. The first-order valence-electron chi connectivity index (χ1n) is 9.31. The zero-order valence-electron chi connectivity index (χ0n) is 14.9. The number of fused-ring (bicyclic) bond motifs is 3. The van der Waals surface area contributed by atoms with E-state index < -0.39 is 5.63 Å². The quantitative estimate of drug-likeness (QED) is 0.347. The van der Waals surface area contributed by atoms with Crippen LogP contribution in [0.3, 0.4) is 0 Å². The fraction of sp³-hybridized carbons (Fsp3) is 0.429. The normalized spacial score (nSPS) is 11.4. The van der Waals surface area contributed by atoms with E-state index in [1.807, 2.05) is 30.3 Å². The van der Waals surface area contributed by atoms with E-state index in [2.05, 4.69) is 11.9 Å². The smallest absolute Gasteiger partial charge is 0.347 e. The highest BCUT2D eigenvalue weighted by Crippen LogP contribution is 2.26. The number of nitrogens with two attached hydrogens (primary N) is 1. The Hall–Kier alpha value is -2.36. The lowest BCUT2D eigenvalue weighted by Crippen LogP contribution is -2.07. The van der Waals surface area contributed by atoms with E-state index in [1.165, 1.54) is 38.5 Å². The summed E-state index contributed by atoms with van der Waals surface area (Å²) in [4.78, 5) is 16.7. The molecular formula is C21H26N2O2. The number of hydrogen-bond acceptors (Lipinski definition) is 4. The molecule has 0 spiro atoms. The van der Waals surface area contributed by atoms with E-state index in [0.29, 0.717) is 11.0 Å². The maximum Gasteiger partial charge on any atom is 0.347 e. The maximum atomic E-state index is 12.2. The van der Waals surface area contributed by atoms with Crippen LogP contribution < -0.4 is 11.4 Å². The number of para-hydroxylation sites is 1. The summed E-state index contributed by atoms with van der Waals surface area (Å²) >= 11 is 0. The SMILES string of the molecule is CCCCCCCCCc1cc2c(c(N)n1)c(=O)oc1ccccc12. The molecule has 25 heavy (non-hydrogen) atoms. The molecule has 0 aliphatic rings. The molecule has 2 N–H and O–H groups in total. The van der Waals surface area contributed by atoms with Crippen molar-refractivity contribution in [1.82, 2.24) is 4.98 Å². The minimum Gasteiger partial charge on any atom is -0.422 e. The molecule has 0 fully saturated rings. The summed E-state index contributed by atoms with van der Waals surface area (Å²) in [6, 6.07) is 9.57. The molecular weight excluding hydrogens is 312 g/mol. The number of nitrogens with zero attached hydrogens (tertiary/aromatic N) is 1. The van der Waals surface area contributed by atoms with E-state index in [1.54, 1.807) is 0 Å². The van der Waals surface area contributed by atoms with Crippen molar-refractivity contribution in [3.63, 3.8) is 0 Å². The first kappa shape index (κ1) is 17.5. The predicted octanol–water partition coefficient (Wildman–Crippen LogP) is 5.22. The molecule has 4 nitrogen and oxygen atoms in total. The molecule has 3 rings (SSSR count). The van der Waals surface area contributed by atoms with Crippen molar-refractivity contribution < 1.29 is 4.42 Å². The van der Waals surface area contributed by atoms with Crippen LogP contribution in [-0.2, 0) is 6.42 Å². The highest BCUT2D eigenvalue weighted by Gasteiger charge is 2.12. The van der Waals surface area contributed by atoms with Crippen LogP contribution in [0.1, 0.15) is 57.6 Å². The van der Waals surface area contributed by atoms with Gasteiger partial charge in [-0.3, -0.25) is 0 Å². The van der Waals surface area contributed by atoms with Crippen LogP contribution in [0, 0.1) is 0 Å². The first-order valence-corrected chi connectivity index (χ1v) is 9.31. The molecule has 4 heteroatoms. The van der Waals surface area contributed by atoms with E-state index in [4.69, 9.17) is 10.2 Å². The minimum atomic E-state index is -0.416. The Kier molecular flexibility index (Phi) is 5.69. The topological polar surface area (TPSA) is 69.1 Å². The van der Waals surface area contributed by atoms with Crippen molar-refractivity contribution in [3.05, 3.63) is 46.4 Å². The van der Waals surface area contributed by atoms with Crippen molar-refractivity contribution in [3.8, 4) is 0 Å². The van der Waals surface area contributed by atoms with Gasteiger partial charge in [-0.1, -0.05) is 63.6 Å². The second-order valence-electron chi connectivity index (χ2n) is 6.68. The van der Waals surface area contributed by atoms with Gasteiger partial charge in [0.25, 0.3) is 0 Å². The lowest BCUT2D eigenvalue weighted by atomic mass is 10.0. The molecule has 0 aliphatic carbocycles. The third-order valence-electron chi connectivity index (χ3n) is 4.72. The van der Waals surface area contributed by atoms with Gasteiger partial charge in [0.15, 0.2) is 0 Å². The van der Waals surface area contributed by atoms with Crippen molar-refractivity contribution in [2.75, 3.05) is 5.73 Å². The molecule has 0 saturated heterocycles. The van der Waals surface area contributed by atoms with Gasteiger partial charge in [0.05, 0.1) is 0 Å². The van der Waals surface area contributed by atoms with Crippen molar-refractivity contribution in [2.45, 2.75) is 58.3 Å². The highest BCUT2D eigenvalue weighted by atomic mass is 16.4. The summed E-state index contributed by atoms with van der Waals surface area (Å²) in [5.41, 5.74) is 7.19. The molecule has 2 aromatic heterocycles. The number of hydrogen-bond donors (Lipinski definition) is 1. The van der Waals surface area contributed by atoms with E-state index in [9.17, 15) is 4.79 Å². The van der Waals surface area contributed by atoms with Crippen LogP contribution in [0.15, 0.2) is 39.5 Å². The van der Waals surface area contributed by atoms with Crippen LogP contribution in [0.4, 0.5) is 5.82 Å². The lowest BCUT2D eigenvalue weighted by molar-refractivity contribution is 0.569. The Bertz CT molecular complexity index is 915. The van der Waals surface area contributed by atoms with E-state index in [0.717, 1.165) is 29.3 Å². The van der Waals surface area contributed by atoms with Gasteiger partial charge in [0, 0.05) is 16.5 Å². The Morgan fingerprint density at radius 1 is 1.00 bits per heavy atom. The molecule has 1 aromatic carbocycles. The van der Waals surface area contributed by atoms with Crippen molar-refractivity contribution in [1.29, 1.82) is 0 Å². The monoisotopic (exact) mass is 338 g/mol. The number of aryl methyl sites for hydroxylation is 1. The van der Waals surface area contributed by atoms with E-state index in [-0.39, 0.29) is 5.82 Å². The molecule has 0 unspecified atom stereocenters. The van der Waals surface area contributed by atoms with Gasteiger partial charge in [-0.15, -0.1) is 0 Å². The first-order chi connectivity index (χ1) is 12.2. The number of unbranched alkanes of at least 4 members (excludes halogenated alkanes) is 6. The maximum absolute atomic E-state index is 12.2. The fourth-order valence-electron chi connectivity index (χ4n) is 3.37. The number of anilines is 1. The molecule has 3 aromatic rings. The Morgan fingerprint density at radius 3 is 2.52 bits per heavy atom. The summed E-state index contributed by atoms with van der Waals surface area (Å²) < 4.78 is 5.37. The summed E-state index contributed by atoms with van der Waals surface area (Å²) in [6.07, 6.45) is 9.73. The second kappa shape index (κ2) is 8.15. The van der Waals surface area contributed by atoms with Crippen LogP contribution in [0.5, 0.6) is 0 Å². The third-order valence-corrected chi connectivity index (χ3v) is 4.72. The minimum absolute atomic E-state index is 0.273. The second-order valence-corrected chi connectivity index (χ2v) is 6.68. The summed E-state index contributed by atoms with van der Waals surface area (Å²) in [5.74, 6) is 0.273. The van der Waals surface area contributed by atoms with Crippen LogP contribution >= 0.6 is 0 Å². The van der Waals surface area contributed by atoms with Gasteiger partial charge in [0.1, 0.15) is 16.8 Å². The molecule has 0 saturated carbocycles. The number of benzene rings is 1. The average Bonchev–Trinajstić information content (AvgIpc) is 2.60. The van der Waals surface area contributed by atoms with Gasteiger partial charge in [-0.05, 0) is 25.0 Å². The number of pyridine rings is 1. The summed E-state index contributed by atoms with van der Waals surface area (Å²) in [6.45, 7) is 2.24. The molecule has 0 atom stereocenters. The van der Waals surface area contributed by atoms with Gasteiger partial charge < -0.3 is 10.2 Å². The van der Waals surface area contributed by atoms with Crippen LogP contribution in [0.2, 0.25) is 0 Å². The zero-order valence-corrected chi connectivity index (χ0v) is 14.9. The summed E-state index contributed by atoms with van der Waals surface area (Å²) in [5, 5.41) is 2.14. The van der Waals surface area contributed by atoms with Gasteiger partial charge in [0.2, 0.25) is 0 Å². The van der Waals surface area contributed by atoms with Gasteiger partial charge >= 0.3 is 5.63 Å². The van der Waals surface area contributed by atoms with E-state index >= 15 is 0 Å². The predicted molar refractivity (Wildman–Crippen MR) is 104 cm³/mol. The Labute approximate surface area is 148 Å². The Balaban J connectivity index is 1.79. The van der Waals surface area contributed by atoms with Gasteiger partial charge in [-0.2, -0.15) is 0 Å². The summed E-state index contributed by atoms with van der Waals surface area (Å²) in [7, 11) is 0. The van der Waals surface area contributed by atoms with Crippen molar-refractivity contribution >= 4 is 27.6 Å². The standard InChI is InChI=1S/C21H26N2O2/c1-2-3-4-5-6-7-8-11-15-14-17-16-12-9-10-13-18(16)25-21(24)19(17)20(22)23-15/h9-10,12-14H,2-8,11H2,1H3,(H2,22,23). The largest absolute Gasteiger partial charge is 0.422 e. The number of rotatable bonds is 8. The molecule has 0 aliphatic heterocycles. The van der Waals surface area contributed by atoms with Crippen molar-refractivity contribution in [2.24, 2.45) is 0 Å². The average molecular weight is 338 g/mol. The third kappa shape index (κ3) is 4.01. The van der Waals surface area contributed by atoms with Gasteiger partial charge in [-0.25, -0.2) is 9.78 Å². The van der Waals surface area contributed by atoms with Crippen LogP contribution in [0.25, 0.3) is 21.7 Å². The molecule has 0 radical (unpaired) electrons. The lowest BCUT2D eigenvalue weighted by Gasteiger charge is -2.08.